The van der Waals surface area contributed by atoms with Crippen LogP contribution in [0.3, 0.4) is 0 Å². The van der Waals surface area contributed by atoms with Crippen molar-refractivity contribution in [2.24, 2.45) is 0 Å². The molecule has 1 saturated carbocycles. The van der Waals surface area contributed by atoms with Crippen molar-refractivity contribution in [3.05, 3.63) is 23.5 Å². The first kappa shape index (κ1) is 11.7. The Balaban J connectivity index is 2.56. The average Bonchev–Trinajstić information content (AvgIpc) is 3.09. The van der Waals surface area contributed by atoms with Crippen molar-refractivity contribution in [2.45, 2.75) is 18.3 Å². The first-order valence-corrected chi connectivity index (χ1v) is 5.20. The molecule has 0 heterocycles. The summed E-state index contributed by atoms with van der Waals surface area (Å²) in [5.41, 5.74) is -0.461. The number of carbonyl (C=O) groups is 1. The summed E-state index contributed by atoms with van der Waals surface area (Å²) in [5.74, 6) is -1.18. The number of carboxylic acid groups (broad SMARTS) is 1. The number of methoxy groups -OCH3 is 2. The summed E-state index contributed by atoms with van der Waals surface area (Å²) < 4.78 is 23.4. The second kappa shape index (κ2) is 3.91. The van der Waals surface area contributed by atoms with Gasteiger partial charge in [0, 0.05) is 11.6 Å². The fourth-order valence-electron chi connectivity index (χ4n) is 1.96. The van der Waals surface area contributed by atoms with Gasteiger partial charge >= 0.3 is 5.97 Å². The highest BCUT2D eigenvalue weighted by Crippen LogP contribution is 2.52. The Bertz CT molecular complexity index is 466. The normalized spacial score (nSPS) is 16.4. The minimum Gasteiger partial charge on any atom is -0.496 e. The lowest BCUT2D eigenvalue weighted by atomic mass is 9.94. The van der Waals surface area contributed by atoms with Crippen LogP contribution in [-0.4, -0.2) is 25.3 Å². The fraction of sp³-hybridized carbons (Fsp3) is 0.417. The van der Waals surface area contributed by atoms with E-state index in [0.29, 0.717) is 18.4 Å². The molecule has 0 bridgehead atoms. The molecule has 1 N–H and O–H groups in total. The van der Waals surface area contributed by atoms with Crippen molar-refractivity contribution in [1.29, 1.82) is 0 Å². The van der Waals surface area contributed by atoms with E-state index >= 15 is 0 Å². The Morgan fingerprint density at radius 2 is 1.88 bits per heavy atom. The molecule has 0 unspecified atom stereocenters. The topological polar surface area (TPSA) is 55.8 Å². The summed E-state index contributed by atoms with van der Waals surface area (Å²) in [6.45, 7) is 0. The van der Waals surface area contributed by atoms with Crippen LogP contribution in [0.4, 0.5) is 4.39 Å². The molecule has 1 aromatic carbocycles. The number of ether oxygens (including phenoxy) is 2. The Morgan fingerprint density at radius 1 is 1.29 bits per heavy atom. The number of benzene rings is 1. The molecular formula is C12H13FO4. The SMILES string of the molecule is COc1cc(C2(C(=O)O)CC2)c(OC)cc1F. The Labute approximate surface area is 98.0 Å². The zero-order valence-corrected chi connectivity index (χ0v) is 9.62. The molecule has 0 radical (unpaired) electrons. The third kappa shape index (κ3) is 1.71. The predicted octanol–water partition coefficient (Wildman–Crippen LogP) is 1.96. The van der Waals surface area contributed by atoms with Gasteiger partial charge in [-0.25, -0.2) is 4.39 Å². The smallest absolute Gasteiger partial charge is 0.314 e. The number of carboxylic acids is 1. The van der Waals surface area contributed by atoms with Crippen LogP contribution < -0.4 is 9.47 Å². The molecule has 1 fully saturated rings. The van der Waals surface area contributed by atoms with Gasteiger partial charge in [0.2, 0.25) is 0 Å². The lowest BCUT2D eigenvalue weighted by molar-refractivity contribution is -0.140. The molecule has 5 heteroatoms. The van der Waals surface area contributed by atoms with Crippen LogP contribution in [0.1, 0.15) is 18.4 Å². The number of hydrogen-bond donors (Lipinski definition) is 1. The van der Waals surface area contributed by atoms with E-state index in [1.54, 1.807) is 0 Å². The zero-order valence-electron chi connectivity index (χ0n) is 9.62. The van der Waals surface area contributed by atoms with Gasteiger partial charge in [-0.15, -0.1) is 0 Å². The van der Waals surface area contributed by atoms with E-state index in [1.165, 1.54) is 20.3 Å². The van der Waals surface area contributed by atoms with E-state index in [0.717, 1.165) is 6.07 Å². The maximum Gasteiger partial charge on any atom is 0.314 e. The van der Waals surface area contributed by atoms with Crippen molar-refractivity contribution in [3.63, 3.8) is 0 Å². The first-order valence-electron chi connectivity index (χ1n) is 5.20. The van der Waals surface area contributed by atoms with Crippen LogP contribution in [0.2, 0.25) is 0 Å². The Kier molecular flexibility index (Phi) is 2.69. The van der Waals surface area contributed by atoms with E-state index in [9.17, 15) is 14.3 Å². The number of rotatable bonds is 4. The lowest BCUT2D eigenvalue weighted by Gasteiger charge is -2.16. The van der Waals surface area contributed by atoms with Gasteiger partial charge in [0.15, 0.2) is 11.6 Å². The van der Waals surface area contributed by atoms with Gasteiger partial charge < -0.3 is 14.6 Å². The molecule has 1 aromatic rings. The van der Waals surface area contributed by atoms with Gasteiger partial charge in [0.1, 0.15) is 5.75 Å². The van der Waals surface area contributed by atoms with Gasteiger partial charge in [-0.1, -0.05) is 0 Å². The van der Waals surface area contributed by atoms with Crippen LogP contribution in [0, 0.1) is 5.82 Å². The number of aliphatic carboxylic acids is 1. The minimum atomic E-state index is -0.938. The molecule has 2 rings (SSSR count). The van der Waals surface area contributed by atoms with E-state index < -0.39 is 17.2 Å². The summed E-state index contributed by atoms with van der Waals surface area (Å²) in [6, 6.07) is 2.58. The largest absolute Gasteiger partial charge is 0.496 e. The highest BCUT2D eigenvalue weighted by molar-refractivity contribution is 5.86. The van der Waals surface area contributed by atoms with Gasteiger partial charge in [-0.3, -0.25) is 4.79 Å². The molecule has 0 saturated heterocycles. The second-order valence-corrected chi connectivity index (χ2v) is 4.07. The van der Waals surface area contributed by atoms with Crippen LogP contribution in [0.15, 0.2) is 12.1 Å². The summed E-state index contributed by atoms with van der Waals surface area (Å²) in [5, 5.41) is 9.22. The summed E-state index contributed by atoms with van der Waals surface area (Å²) in [6.07, 6.45) is 1.07. The van der Waals surface area contributed by atoms with Crippen LogP contribution in [0.25, 0.3) is 0 Å². The summed E-state index contributed by atoms with van der Waals surface area (Å²) >= 11 is 0. The van der Waals surface area contributed by atoms with E-state index in [4.69, 9.17) is 9.47 Å². The van der Waals surface area contributed by atoms with Crippen LogP contribution in [0.5, 0.6) is 11.5 Å². The van der Waals surface area contributed by atoms with Crippen molar-refractivity contribution in [1.82, 2.24) is 0 Å². The average molecular weight is 240 g/mol. The number of halogens is 1. The Hall–Kier alpha value is -1.78. The minimum absolute atomic E-state index is 0.0355. The molecule has 0 spiro atoms. The van der Waals surface area contributed by atoms with E-state index in [2.05, 4.69) is 0 Å². The highest BCUT2D eigenvalue weighted by atomic mass is 19.1. The maximum atomic E-state index is 13.5. The van der Waals surface area contributed by atoms with Crippen molar-refractivity contribution in [3.8, 4) is 11.5 Å². The van der Waals surface area contributed by atoms with Crippen molar-refractivity contribution in [2.75, 3.05) is 14.2 Å². The summed E-state index contributed by atoms with van der Waals surface area (Å²) in [4.78, 5) is 11.2. The Morgan fingerprint density at radius 3 is 2.29 bits per heavy atom. The summed E-state index contributed by atoms with van der Waals surface area (Å²) in [7, 11) is 2.73. The van der Waals surface area contributed by atoms with Gasteiger partial charge in [0.05, 0.1) is 19.6 Å². The lowest BCUT2D eigenvalue weighted by Crippen LogP contribution is -2.20. The quantitative estimate of drug-likeness (QED) is 0.874. The van der Waals surface area contributed by atoms with Crippen LogP contribution >= 0.6 is 0 Å². The molecular weight excluding hydrogens is 227 g/mol. The fourth-order valence-corrected chi connectivity index (χ4v) is 1.96. The molecule has 0 aliphatic heterocycles. The molecule has 17 heavy (non-hydrogen) atoms. The van der Waals surface area contributed by atoms with E-state index in [1.807, 2.05) is 0 Å². The van der Waals surface area contributed by atoms with Gasteiger partial charge in [0.25, 0.3) is 0 Å². The van der Waals surface area contributed by atoms with Crippen LogP contribution in [-0.2, 0) is 10.2 Å². The molecule has 0 atom stereocenters. The predicted molar refractivity (Wildman–Crippen MR) is 58.1 cm³/mol. The van der Waals surface area contributed by atoms with Gasteiger partial charge in [-0.2, -0.15) is 0 Å². The van der Waals surface area contributed by atoms with Crippen molar-refractivity contribution >= 4 is 5.97 Å². The first-order chi connectivity index (χ1) is 8.05. The molecule has 92 valence electrons. The zero-order chi connectivity index (χ0) is 12.6. The van der Waals surface area contributed by atoms with Gasteiger partial charge in [-0.05, 0) is 18.9 Å². The molecule has 1 aliphatic rings. The highest BCUT2D eigenvalue weighted by Gasteiger charge is 2.53. The number of hydrogen-bond acceptors (Lipinski definition) is 3. The third-order valence-corrected chi connectivity index (χ3v) is 3.15. The van der Waals surface area contributed by atoms with Crippen molar-refractivity contribution < 1.29 is 23.8 Å². The second-order valence-electron chi connectivity index (χ2n) is 4.07. The van der Waals surface area contributed by atoms with E-state index in [-0.39, 0.29) is 11.5 Å². The maximum absolute atomic E-state index is 13.5. The molecule has 0 aromatic heterocycles. The third-order valence-electron chi connectivity index (χ3n) is 3.15. The standard InChI is InChI=1S/C12H13FO4/c1-16-9-6-8(13)10(17-2)5-7(9)12(3-4-12)11(14)15/h5-6H,3-4H2,1-2H3,(H,14,15). The molecule has 4 nitrogen and oxygen atoms in total. The molecule has 0 amide bonds. The molecule has 1 aliphatic carbocycles. The monoisotopic (exact) mass is 240 g/mol.